The molecule has 0 radical (unpaired) electrons. The van der Waals surface area contributed by atoms with Gasteiger partial charge in [-0.2, -0.15) is 0 Å². The van der Waals surface area contributed by atoms with Gasteiger partial charge in [0.05, 0.1) is 10.5 Å². The van der Waals surface area contributed by atoms with Gasteiger partial charge >= 0.3 is 0 Å². The monoisotopic (exact) mass is 314 g/mol. The molecule has 2 atom stereocenters. The SMILES string of the molecule is CC1(C)CC2CC(C)(CN2CC=Cc2ccccc2[N+](=O)[O-])C1. The van der Waals surface area contributed by atoms with Crippen molar-refractivity contribution in [2.75, 3.05) is 13.1 Å². The number of rotatable bonds is 4. The zero-order valence-electron chi connectivity index (χ0n) is 14.3. The Morgan fingerprint density at radius 3 is 2.78 bits per heavy atom. The van der Waals surface area contributed by atoms with Crippen LogP contribution in [0.3, 0.4) is 0 Å². The van der Waals surface area contributed by atoms with Crippen LogP contribution in [0.25, 0.3) is 6.08 Å². The van der Waals surface area contributed by atoms with Gasteiger partial charge in [0, 0.05) is 25.2 Å². The molecule has 1 aliphatic carbocycles. The summed E-state index contributed by atoms with van der Waals surface area (Å²) in [6, 6.07) is 7.58. The first-order valence-electron chi connectivity index (χ1n) is 8.42. The second kappa shape index (κ2) is 5.75. The molecule has 3 rings (SSSR count). The molecule has 1 aromatic carbocycles. The maximum absolute atomic E-state index is 11.1. The third-order valence-electron chi connectivity index (χ3n) is 5.29. The Labute approximate surface area is 138 Å². The highest BCUT2D eigenvalue weighted by Crippen LogP contribution is 2.52. The molecule has 4 nitrogen and oxygen atoms in total. The zero-order chi connectivity index (χ0) is 16.7. The molecule has 2 fully saturated rings. The van der Waals surface area contributed by atoms with Gasteiger partial charge in [-0.3, -0.25) is 15.0 Å². The van der Waals surface area contributed by atoms with Crippen LogP contribution in [0.5, 0.6) is 0 Å². The van der Waals surface area contributed by atoms with Crippen molar-refractivity contribution in [1.29, 1.82) is 0 Å². The van der Waals surface area contributed by atoms with Crippen molar-refractivity contribution in [3.05, 3.63) is 46.0 Å². The van der Waals surface area contributed by atoms with E-state index in [2.05, 4.69) is 31.7 Å². The summed E-state index contributed by atoms with van der Waals surface area (Å²) in [5.74, 6) is 0. The number of nitro benzene ring substituents is 1. The third kappa shape index (κ3) is 3.47. The molecule has 23 heavy (non-hydrogen) atoms. The van der Waals surface area contributed by atoms with Crippen LogP contribution >= 0.6 is 0 Å². The molecular formula is C19H26N2O2. The van der Waals surface area contributed by atoms with E-state index in [1.54, 1.807) is 18.2 Å². The van der Waals surface area contributed by atoms with Crippen LogP contribution in [0, 0.1) is 20.9 Å². The smallest absolute Gasteiger partial charge is 0.276 e. The summed E-state index contributed by atoms with van der Waals surface area (Å²) < 4.78 is 0. The number of fused-ring (bicyclic) bond motifs is 2. The lowest BCUT2D eigenvalue weighted by atomic mass is 9.65. The topological polar surface area (TPSA) is 46.4 Å². The quantitative estimate of drug-likeness (QED) is 0.607. The third-order valence-corrected chi connectivity index (χ3v) is 5.29. The Morgan fingerprint density at radius 2 is 2.04 bits per heavy atom. The minimum atomic E-state index is -0.313. The predicted octanol–water partition coefficient (Wildman–Crippen LogP) is 4.51. The lowest BCUT2D eigenvalue weighted by Crippen LogP contribution is -2.34. The molecule has 4 heteroatoms. The number of likely N-dealkylation sites (tertiary alicyclic amines) is 1. The fraction of sp³-hybridized carbons (Fsp3) is 0.579. The molecule has 1 aromatic rings. The van der Waals surface area contributed by atoms with Crippen LogP contribution in [0.15, 0.2) is 30.3 Å². The van der Waals surface area contributed by atoms with E-state index in [4.69, 9.17) is 0 Å². The molecule has 1 saturated heterocycles. The summed E-state index contributed by atoms with van der Waals surface area (Å²) in [5.41, 5.74) is 1.72. The van der Waals surface area contributed by atoms with E-state index in [-0.39, 0.29) is 10.6 Å². The first-order valence-corrected chi connectivity index (χ1v) is 8.42. The van der Waals surface area contributed by atoms with Crippen LogP contribution < -0.4 is 0 Å². The van der Waals surface area contributed by atoms with Gasteiger partial charge in [0.2, 0.25) is 0 Å². The molecule has 124 valence electrons. The zero-order valence-corrected chi connectivity index (χ0v) is 14.3. The minimum absolute atomic E-state index is 0.178. The molecule has 0 amide bonds. The second-order valence-corrected chi connectivity index (χ2v) is 8.36. The van der Waals surface area contributed by atoms with Crippen molar-refractivity contribution in [2.24, 2.45) is 10.8 Å². The van der Waals surface area contributed by atoms with Gasteiger partial charge < -0.3 is 0 Å². The van der Waals surface area contributed by atoms with Crippen molar-refractivity contribution in [3.8, 4) is 0 Å². The average molecular weight is 314 g/mol. The molecule has 2 bridgehead atoms. The van der Waals surface area contributed by atoms with E-state index in [0.717, 1.165) is 13.1 Å². The Kier molecular flexibility index (Phi) is 4.05. The van der Waals surface area contributed by atoms with Gasteiger partial charge in [-0.1, -0.05) is 45.1 Å². The molecule has 1 saturated carbocycles. The first-order chi connectivity index (χ1) is 10.8. The molecular weight excluding hydrogens is 288 g/mol. The summed E-state index contributed by atoms with van der Waals surface area (Å²) >= 11 is 0. The van der Waals surface area contributed by atoms with E-state index < -0.39 is 0 Å². The second-order valence-electron chi connectivity index (χ2n) is 8.36. The number of hydrogen-bond donors (Lipinski definition) is 0. The van der Waals surface area contributed by atoms with Gasteiger partial charge in [0.25, 0.3) is 5.69 Å². The highest BCUT2D eigenvalue weighted by Gasteiger charge is 2.48. The molecule has 1 aliphatic heterocycles. The van der Waals surface area contributed by atoms with Crippen molar-refractivity contribution in [3.63, 3.8) is 0 Å². The van der Waals surface area contributed by atoms with E-state index in [1.807, 2.05) is 12.1 Å². The maximum atomic E-state index is 11.1. The summed E-state index contributed by atoms with van der Waals surface area (Å²) in [6.07, 6.45) is 7.81. The largest absolute Gasteiger partial charge is 0.296 e. The predicted molar refractivity (Wildman–Crippen MR) is 93.2 cm³/mol. The normalized spacial score (nSPS) is 30.0. The van der Waals surface area contributed by atoms with E-state index >= 15 is 0 Å². The first kappa shape index (κ1) is 16.2. The van der Waals surface area contributed by atoms with Crippen LogP contribution in [0.4, 0.5) is 5.69 Å². The van der Waals surface area contributed by atoms with E-state index in [0.29, 0.717) is 22.4 Å². The standard InChI is InChI=1S/C19H26N2O2/c1-18(2)11-16-12-19(3,13-18)14-20(16)10-6-8-15-7-4-5-9-17(15)21(22)23/h4-9,16H,10-14H2,1-3H3. The van der Waals surface area contributed by atoms with Crippen molar-refractivity contribution < 1.29 is 4.92 Å². The van der Waals surface area contributed by atoms with Crippen molar-refractivity contribution in [1.82, 2.24) is 4.90 Å². The highest BCUT2D eigenvalue weighted by atomic mass is 16.6. The van der Waals surface area contributed by atoms with E-state index in [9.17, 15) is 10.1 Å². The molecule has 0 N–H and O–H groups in total. The fourth-order valence-corrected chi connectivity index (χ4v) is 4.90. The Hall–Kier alpha value is -1.68. The van der Waals surface area contributed by atoms with Crippen LogP contribution in [0.2, 0.25) is 0 Å². The van der Waals surface area contributed by atoms with Gasteiger partial charge in [0.15, 0.2) is 0 Å². The van der Waals surface area contributed by atoms with Crippen LogP contribution in [0.1, 0.15) is 45.6 Å². The average Bonchev–Trinajstić information content (AvgIpc) is 2.68. The van der Waals surface area contributed by atoms with Gasteiger partial charge in [0.1, 0.15) is 0 Å². The van der Waals surface area contributed by atoms with Crippen LogP contribution in [-0.2, 0) is 0 Å². The van der Waals surface area contributed by atoms with Crippen molar-refractivity contribution >= 4 is 11.8 Å². The number of benzene rings is 1. The van der Waals surface area contributed by atoms with E-state index in [1.165, 1.54) is 19.3 Å². The summed E-state index contributed by atoms with van der Waals surface area (Å²) in [4.78, 5) is 13.3. The Bertz CT molecular complexity index is 638. The molecule has 2 aliphatic rings. The molecule has 0 spiro atoms. The lowest BCUT2D eigenvalue weighted by molar-refractivity contribution is -0.385. The van der Waals surface area contributed by atoms with Gasteiger partial charge in [-0.15, -0.1) is 0 Å². The molecule has 1 heterocycles. The summed E-state index contributed by atoms with van der Waals surface area (Å²) in [7, 11) is 0. The highest BCUT2D eigenvalue weighted by molar-refractivity contribution is 5.60. The minimum Gasteiger partial charge on any atom is -0.296 e. The summed E-state index contributed by atoms with van der Waals surface area (Å²) in [6.45, 7) is 9.19. The van der Waals surface area contributed by atoms with Crippen LogP contribution in [-0.4, -0.2) is 29.0 Å². The number of para-hydroxylation sites is 1. The lowest BCUT2D eigenvalue weighted by Gasteiger charge is -2.39. The molecule has 2 unspecified atom stereocenters. The van der Waals surface area contributed by atoms with Crippen molar-refractivity contribution in [2.45, 2.75) is 46.1 Å². The Morgan fingerprint density at radius 1 is 1.30 bits per heavy atom. The fourth-order valence-electron chi connectivity index (χ4n) is 4.90. The number of hydrogen-bond acceptors (Lipinski definition) is 3. The number of nitrogens with zero attached hydrogens (tertiary/aromatic N) is 2. The maximum Gasteiger partial charge on any atom is 0.276 e. The van der Waals surface area contributed by atoms with Gasteiger partial charge in [-0.05, 0) is 36.2 Å². The van der Waals surface area contributed by atoms with Gasteiger partial charge in [-0.25, -0.2) is 0 Å². The molecule has 0 aromatic heterocycles. The number of nitro groups is 1. The summed E-state index contributed by atoms with van der Waals surface area (Å²) in [5, 5.41) is 11.1. The Balaban J connectivity index is 1.69.